The number of aromatic amines is 1. The summed E-state index contributed by atoms with van der Waals surface area (Å²) >= 11 is 19.4. The van der Waals surface area contributed by atoms with Crippen molar-refractivity contribution in [2.24, 2.45) is 0 Å². The molecule has 0 aliphatic carbocycles. The Hall–Kier alpha value is -2.12. The quantitative estimate of drug-likeness (QED) is 0.368. The van der Waals surface area contributed by atoms with Crippen LogP contribution in [0.4, 0.5) is 0 Å². The molecule has 0 unspecified atom stereocenters. The molecule has 0 fully saturated rings. The van der Waals surface area contributed by atoms with E-state index in [1.807, 2.05) is 12.1 Å². The molecule has 28 heavy (non-hydrogen) atoms. The van der Waals surface area contributed by atoms with Gasteiger partial charge in [-0.05, 0) is 31.2 Å². The zero-order valence-corrected chi connectivity index (χ0v) is 17.5. The Bertz CT molecular complexity index is 1200. The van der Waals surface area contributed by atoms with E-state index in [9.17, 15) is 4.79 Å². The number of carbonyl (C=O) groups excluding carboxylic acids is 1. The summed E-state index contributed by atoms with van der Waals surface area (Å²) in [6, 6.07) is 10.6. The van der Waals surface area contributed by atoms with Crippen LogP contribution in [0.5, 0.6) is 0 Å². The van der Waals surface area contributed by atoms with Gasteiger partial charge in [-0.25, -0.2) is 14.8 Å². The molecule has 0 aliphatic rings. The lowest BCUT2D eigenvalue weighted by Crippen LogP contribution is -2.05. The number of esters is 1. The van der Waals surface area contributed by atoms with Gasteiger partial charge in [0.1, 0.15) is 27.8 Å². The number of thiazole rings is 1. The Morgan fingerprint density at radius 2 is 1.96 bits per heavy atom. The number of fused-ring (bicyclic) bond motifs is 1. The van der Waals surface area contributed by atoms with Crippen molar-refractivity contribution in [3.8, 4) is 10.6 Å². The normalized spacial score (nSPS) is 11.1. The molecule has 0 aliphatic heterocycles. The fourth-order valence-corrected chi connectivity index (χ4v) is 4.37. The number of ether oxygens (including phenoxy) is 1. The van der Waals surface area contributed by atoms with E-state index < -0.39 is 5.97 Å². The number of hydrogen-bond donors (Lipinski definition) is 1. The highest BCUT2D eigenvalue weighted by Crippen LogP contribution is 2.30. The first-order valence-corrected chi connectivity index (χ1v) is 10.1. The van der Waals surface area contributed by atoms with Gasteiger partial charge in [0.15, 0.2) is 0 Å². The molecule has 2 aromatic heterocycles. The Kier molecular flexibility index (Phi) is 5.29. The third kappa shape index (κ3) is 3.86. The van der Waals surface area contributed by atoms with Crippen molar-refractivity contribution in [1.82, 2.24) is 15.0 Å². The summed E-state index contributed by atoms with van der Waals surface area (Å²) in [4.78, 5) is 24.8. The fraction of sp³-hybridized carbons (Fsp3) is 0.105. The summed E-state index contributed by atoms with van der Waals surface area (Å²) in [7, 11) is 0. The molecule has 4 aromatic rings. The van der Waals surface area contributed by atoms with Crippen molar-refractivity contribution in [3.05, 3.63) is 67.9 Å². The van der Waals surface area contributed by atoms with E-state index >= 15 is 0 Å². The van der Waals surface area contributed by atoms with Gasteiger partial charge in [0.05, 0.1) is 16.2 Å². The number of H-pyrrole nitrogens is 1. The highest BCUT2D eigenvalue weighted by Gasteiger charge is 2.19. The predicted octanol–water partition coefficient (Wildman–Crippen LogP) is 6.31. The predicted molar refractivity (Wildman–Crippen MR) is 113 cm³/mol. The van der Waals surface area contributed by atoms with Crippen molar-refractivity contribution < 1.29 is 9.53 Å². The first-order valence-electron chi connectivity index (χ1n) is 8.15. The van der Waals surface area contributed by atoms with Crippen LogP contribution >= 0.6 is 46.1 Å². The van der Waals surface area contributed by atoms with E-state index in [1.54, 1.807) is 31.2 Å². The second kappa shape index (κ2) is 7.72. The van der Waals surface area contributed by atoms with Crippen LogP contribution in [0, 0.1) is 6.92 Å². The molecule has 5 nitrogen and oxygen atoms in total. The standard InChI is InChI=1S/C19H12Cl3N3O2S/c1-9-17(28-18(23-9)10-3-2-4-11(20)5-10)19(26)27-8-15-24-14-7-12(21)6-13(22)16(14)25-15/h2-7H,8H2,1H3,(H,24,25). The molecule has 0 atom stereocenters. The molecule has 0 radical (unpaired) electrons. The number of nitrogens with zero attached hydrogens (tertiary/aromatic N) is 2. The van der Waals surface area contributed by atoms with Crippen LogP contribution < -0.4 is 0 Å². The maximum absolute atomic E-state index is 12.5. The summed E-state index contributed by atoms with van der Waals surface area (Å²) in [6.45, 7) is 1.75. The summed E-state index contributed by atoms with van der Waals surface area (Å²) in [5.41, 5.74) is 2.71. The molecule has 9 heteroatoms. The van der Waals surface area contributed by atoms with Gasteiger partial charge in [0, 0.05) is 15.6 Å². The van der Waals surface area contributed by atoms with E-state index in [-0.39, 0.29) is 6.61 Å². The molecule has 0 spiro atoms. The van der Waals surface area contributed by atoms with Gasteiger partial charge < -0.3 is 9.72 Å². The zero-order valence-electron chi connectivity index (χ0n) is 14.4. The largest absolute Gasteiger partial charge is 0.453 e. The molecule has 0 saturated heterocycles. The average Bonchev–Trinajstić information content (AvgIpc) is 3.23. The first-order chi connectivity index (χ1) is 13.4. The van der Waals surface area contributed by atoms with E-state index in [0.717, 1.165) is 5.56 Å². The molecular formula is C19H12Cl3N3O2S. The van der Waals surface area contributed by atoms with Crippen molar-refractivity contribution in [1.29, 1.82) is 0 Å². The summed E-state index contributed by atoms with van der Waals surface area (Å²) < 4.78 is 5.40. The first kappa shape index (κ1) is 19.2. The van der Waals surface area contributed by atoms with E-state index in [2.05, 4.69) is 15.0 Å². The van der Waals surface area contributed by atoms with E-state index in [0.29, 0.717) is 47.5 Å². The minimum absolute atomic E-state index is 0.0225. The lowest BCUT2D eigenvalue weighted by atomic mass is 10.2. The number of hydrogen-bond acceptors (Lipinski definition) is 5. The minimum atomic E-state index is -0.465. The summed E-state index contributed by atoms with van der Waals surface area (Å²) in [6.07, 6.45) is 0. The Balaban J connectivity index is 1.52. The van der Waals surface area contributed by atoms with Crippen molar-refractivity contribution in [2.75, 3.05) is 0 Å². The third-order valence-corrected chi connectivity index (χ3v) is 5.88. The highest BCUT2D eigenvalue weighted by atomic mass is 35.5. The monoisotopic (exact) mass is 451 g/mol. The number of carbonyl (C=O) groups is 1. The molecule has 0 saturated carbocycles. The minimum Gasteiger partial charge on any atom is -0.453 e. The second-order valence-corrected chi connectivity index (χ2v) is 8.27. The Morgan fingerprint density at radius 3 is 2.75 bits per heavy atom. The molecule has 0 amide bonds. The van der Waals surface area contributed by atoms with Crippen LogP contribution in [0.15, 0.2) is 36.4 Å². The molecule has 0 bridgehead atoms. The molecule has 4 rings (SSSR count). The van der Waals surface area contributed by atoms with Gasteiger partial charge >= 0.3 is 5.97 Å². The second-order valence-electron chi connectivity index (χ2n) is 5.99. The topological polar surface area (TPSA) is 67.9 Å². The highest BCUT2D eigenvalue weighted by molar-refractivity contribution is 7.17. The number of aromatic nitrogens is 3. The smallest absolute Gasteiger partial charge is 0.350 e. The number of benzene rings is 2. The van der Waals surface area contributed by atoms with Gasteiger partial charge in [0.2, 0.25) is 0 Å². The number of nitrogens with one attached hydrogen (secondary N) is 1. The maximum Gasteiger partial charge on any atom is 0.350 e. The van der Waals surface area contributed by atoms with Crippen LogP contribution in [0.3, 0.4) is 0 Å². The maximum atomic E-state index is 12.5. The lowest BCUT2D eigenvalue weighted by molar-refractivity contribution is 0.0468. The molecule has 2 aromatic carbocycles. The number of aryl methyl sites for hydroxylation is 1. The van der Waals surface area contributed by atoms with Gasteiger partial charge in [-0.1, -0.05) is 46.9 Å². The molecule has 2 heterocycles. The molecule has 1 N–H and O–H groups in total. The Labute approximate surface area is 179 Å². The Morgan fingerprint density at radius 1 is 1.14 bits per heavy atom. The van der Waals surface area contributed by atoms with Crippen molar-refractivity contribution in [3.63, 3.8) is 0 Å². The van der Waals surface area contributed by atoms with Crippen molar-refractivity contribution >= 4 is 63.1 Å². The van der Waals surface area contributed by atoms with Crippen LogP contribution in [-0.2, 0) is 11.3 Å². The van der Waals surface area contributed by atoms with Gasteiger partial charge in [-0.2, -0.15) is 0 Å². The van der Waals surface area contributed by atoms with Gasteiger partial charge in [-0.15, -0.1) is 11.3 Å². The van der Waals surface area contributed by atoms with Crippen LogP contribution in [-0.4, -0.2) is 20.9 Å². The number of imidazole rings is 1. The average molecular weight is 453 g/mol. The fourth-order valence-electron chi connectivity index (χ4n) is 2.69. The van der Waals surface area contributed by atoms with Gasteiger partial charge in [0.25, 0.3) is 0 Å². The molecular weight excluding hydrogens is 441 g/mol. The SMILES string of the molecule is Cc1nc(-c2cccc(Cl)c2)sc1C(=O)OCc1nc2c(Cl)cc(Cl)cc2[nH]1. The lowest BCUT2D eigenvalue weighted by Gasteiger charge is -2.00. The van der Waals surface area contributed by atoms with Crippen LogP contribution in [0.2, 0.25) is 15.1 Å². The zero-order chi connectivity index (χ0) is 19.8. The van der Waals surface area contributed by atoms with Crippen molar-refractivity contribution in [2.45, 2.75) is 13.5 Å². The number of rotatable bonds is 4. The summed E-state index contributed by atoms with van der Waals surface area (Å²) in [5.74, 6) is 0.0117. The summed E-state index contributed by atoms with van der Waals surface area (Å²) in [5, 5.41) is 2.24. The number of halogens is 3. The van der Waals surface area contributed by atoms with E-state index in [1.165, 1.54) is 11.3 Å². The van der Waals surface area contributed by atoms with E-state index in [4.69, 9.17) is 39.5 Å². The van der Waals surface area contributed by atoms with Crippen LogP contribution in [0.25, 0.3) is 21.6 Å². The van der Waals surface area contributed by atoms with Gasteiger partial charge in [-0.3, -0.25) is 0 Å². The third-order valence-electron chi connectivity index (χ3n) is 3.95. The molecule has 142 valence electrons. The van der Waals surface area contributed by atoms with Crippen LogP contribution in [0.1, 0.15) is 21.2 Å².